The van der Waals surface area contributed by atoms with Crippen LogP contribution < -0.4 is 5.32 Å². The number of amides is 2. The van der Waals surface area contributed by atoms with Gasteiger partial charge in [0.05, 0.1) is 11.6 Å². The second kappa shape index (κ2) is 8.54. The van der Waals surface area contributed by atoms with Crippen molar-refractivity contribution < 1.29 is 23.9 Å². The number of esters is 1. The van der Waals surface area contributed by atoms with Crippen LogP contribution in [0.15, 0.2) is 24.3 Å². The second-order valence-corrected chi connectivity index (χ2v) is 7.56. The summed E-state index contributed by atoms with van der Waals surface area (Å²) in [6, 6.07) is 6.90. The predicted molar refractivity (Wildman–Crippen MR) is 103 cm³/mol. The minimum Gasteiger partial charge on any atom is -0.452 e. The van der Waals surface area contributed by atoms with Gasteiger partial charge < -0.3 is 15.0 Å². The standard InChI is InChI=1S/C21H26N2O5/c1-13(24)17-9-5-6-10-18(17)22-20(26)14(2)28-21(27)15-11-19(25)23(12-15)16-7-3-4-8-16/h5-6,9-10,14-16H,3-4,7-8,11-12H2,1-2H3,(H,22,26)/t14-,15+/m0/s1. The van der Waals surface area contributed by atoms with E-state index in [1.807, 2.05) is 0 Å². The number of ether oxygens (including phenoxy) is 1. The van der Waals surface area contributed by atoms with Crippen molar-refractivity contribution in [2.75, 3.05) is 11.9 Å². The van der Waals surface area contributed by atoms with E-state index in [0.29, 0.717) is 17.8 Å². The molecule has 3 rings (SSSR count). The zero-order valence-electron chi connectivity index (χ0n) is 16.3. The van der Waals surface area contributed by atoms with Gasteiger partial charge in [-0.15, -0.1) is 0 Å². The van der Waals surface area contributed by atoms with Crippen LogP contribution in [-0.4, -0.2) is 47.2 Å². The molecule has 0 radical (unpaired) electrons. The molecule has 1 aromatic rings. The van der Waals surface area contributed by atoms with Gasteiger partial charge in [-0.25, -0.2) is 0 Å². The van der Waals surface area contributed by atoms with Crippen molar-refractivity contribution in [2.45, 2.75) is 58.1 Å². The molecule has 0 bridgehead atoms. The number of rotatable bonds is 6. The molecule has 1 aliphatic carbocycles. The van der Waals surface area contributed by atoms with Crippen molar-refractivity contribution in [3.63, 3.8) is 0 Å². The highest BCUT2D eigenvalue weighted by Gasteiger charge is 2.40. The average molecular weight is 386 g/mol. The smallest absolute Gasteiger partial charge is 0.312 e. The Balaban J connectivity index is 1.56. The van der Waals surface area contributed by atoms with Gasteiger partial charge in [-0.1, -0.05) is 25.0 Å². The van der Waals surface area contributed by atoms with Crippen LogP contribution in [0.3, 0.4) is 0 Å². The maximum atomic E-state index is 12.5. The summed E-state index contributed by atoms with van der Waals surface area (Å²) in [5.74, 6) is -1.76. The lowest BCUT2D eigenvalue weighted by atomic mass is 10.1. The first-order chi connectivity index (χ1) is 13.4. The Morgan fingerprint density at radius 3 is 2.54 bits per heavy atom. The lowest BCUT2D eigenvalue weighted by Gasteiger charge is -2.24. The van der Waals surface area contributed by atoms with E-state index in [4.69, 9.17) is 4.74 Å². The molecule has 0 spiro atoms. The molecule has 2 aliphatic rings. The normalized spacial score (nSPS) is 20.9. The fraction of sp³-hybridized carbons (Fsp3) is 0.524. The summed E-state index contributed by atoms with van der Waals surface area (Å²) in [4.78, 5) is 50.6. The third kappa shape index (κ3) is 4.40. The Morgan fingerprint density at radius 1 is 1.18 bits per heavy atom. The van der Waals surface area contributed by atoms with Gasteiger partial charge in [-0.3, -0.25) is 19.2 Å². The van der Waals surface area contributed by atoms with Crippen LogP contribution in [0.25, 0.3) is 0 Å². The monoisotopic (exact) mass is 386 g/mol. The second-order valence-electron chi connectivity index (χ2n) is 7.56. The minimum absolute atomic E-state index is 0.0126. The van der Waals surface area contributed by atoms with Gasteiger partial charge in [-0.05, 0) is 38.8 Å². The molecular formula is C21H26N2O5. The third-order valence-electron chi connectivity index (χ3n) is 5.48. The molecule has 1 N–H and O–H groups in total. The van der Waals surface area contributed by atoms with Gasteiger partial charge in [0, 0.05) is 24.6 Å². The summed E-state index contributed by atoms with van der Waals surface area (Å²) in [6.07, 6.45) is 3.31. The zero-order valence-corrected chi connectivity index (χ0v) is 16.3. The topological polar surface area (TPSA) is 92.8 Å². The number of para-hydroxylation sites is 1. The molecule has 1 aliphatic heterocycles. The maximum Gasteiger partial charge on any atom is 0.312 e. The summed E-state index contributed by atoms with van der Waals surface area (Å²) in [7, 11) is 0. The Hall–Kier alpha value is -2.70. The van der Waals surface area contributed by atoms with Crippen molar-refractivity contribution in [2.24, 2.45) is 5.92 Å². The number of nitrogens with zero attached hydrogens (tertiary/aromatic N) is 1. The van der Waals surface area contributed by atoms with Crippen LogP contribution in [0.5, 0.6) is 0 Å². The quantitative estimate of drug-likeness (QED) is 0.599. The molecule has 0 aromatic heterocycles. The van der Waals surface area contributed by atoms with Gasteiger partial charge in [0.2, 0.25) is 5.91 Å². The number of Topliss-reactive ketones (excluding diaryl/α,β-unsaturated/α-hetero) is 1. The molecule has 1 saturated heterocycles. The number of anilines is 1. The van der Waals surface area contributed by atoms with Crippen molar-refractivity contribution in [3.05, 3.63) is 29.8 Å². The molecule has 7 nitrogen and oxygen atoms in total. The lowest BCUT2D eigenvalue weighted by Crippen LogP contribution is -2.36. The molecule has 7 heteroatoms. The van der Waals surface area contributed by atoms with E-state index < -0.39 is 23.9 Å². The van der Waals surface area contributed by atoms with Gasteiger partial charge >= 0.3 is 5.97 Å². The number of carbonyl (C=O) groups excluding carboxylic acids is 4. The molecular weight excluding hydrogens is 360 g/mol. The summed E-state index contributed by atoms with van der Waals surface area (Å²) < 4.78 is 5.31. The summed E-state index contributed by atoms with van der Waals surface area (Å²) in [6.45, 7) is 3.26. The number of likely N-dealkylation sites (tertiary alicyclic amines) is 1. The fourth-order valence-electron chi connectivity index (χ4n) is 3.92. The lowest BCUT2D eigenvalue weighted by molar-refractivity contribution is -0.157. The molecule has 0 unspecified atom stereocenters. The van der Waals surface area contributed by atoms with E-state index in [0.717, 1.165) is 25.7 Å². The highest BCUT2D eigenvalue weighted by molar-refractivity contribution is 6.04. The first-order valence-electron chi connectivity index (χ1n) is 9.77. The van der Waals surface area contributed by atoms with Crippen LogP contribution >= 0.6 is 0 Å². The molecule has 2 fully saturated rings. The SMILES string of the molecule is CC(=O)c1ccccc1NC(=O)[C@H](C)OC(=O)[C@@H]1CC(=O)N(C2CCCC2)C1. The summed E-state index contributed by atoms with van der Waals surface area (Å²) >= 11 is 0. The Bertz CT molecular complexity index is 785. The van der Waals surface area contributed by atoms with Crippen LogP contribution in [0.1, 0.15) is 56.3 Å². The molecule has 150 valence electrons. The zero-order chi connectivity index (χ0) is 20.3. The average Bonchev–Trinajstić information content (AvgIpc) is 3.31. The van der Waals surface area contributed by atoms with E-state index in [2.05, 4.69) is 5.32 Å². The number of carbonyl (C=O) groups is 4. The Labute approximate surface area is 164 Å². The van der Waals surface area contributed by atoms with Gasteiger partial charge in [0.25, 0.3) is 5.91 Å². The van der Waals surface area contributed by atoms with Crippen molar-refractivity contribution in [1.29, 1.82) is 0 Å². The largest absolute Gasteiger partial charge is 0.452 e. The van der Waals surface area contributed by atoms with Gasteiger partial charge in [0.15, 0.2) is 11.9 Å². The summed E-state index contributed by atoms with van der Waals surface area (Å²) in [5, 5.41) is 2.64. The van der Waals surface area contributed by atoms with Crippen molar-refractivity contribution in [1.82, 2.24) is 4.90 Å². The minimum atomic E-state index is -1.02. The third-order valence-corrected chi connectivity index (χ3v) is 5.48. The summed E-state index contributed by atoms with van der Waals surface area (Å²) in [5.41, 5.74) is 0.773. The van der Waals surface area contributed by atoms with E-state index in [-0.39, 0.29) is 24.2 Å². The Morgan fingerprint density at radius 2 is 1.86 bits per heavy atom. The first kappa shape index (κ1) is 20.0. The molecule has 28 heavy (non-hydrogen) atoms. The molecule has 2 atom stereocenters. The number of nitrogens with one attached hydrogen (secondary N) is 1. The number of benzene rings is 1. The van der Waals surface area contributed by atoms with Gasteiger partial charge in [0.1, 0.15) is 0 Å². The van der Waals surface area contributed by atoms with E-state index in [9.17, 15) is 19.2 Å². The Kier molecular flexibility index (Phi) is 6.11. The van der Waals surface area contributed by atoms with E-state index in [1.54, 1.807) is 29.2 Å². The highest BCUT2D eigenvalue weighted by atomic mass is 16.5. The molecule has 1 saturated carbocycles. The predicted octanol–water partition coefficient (Wildman–Crippen LogP) is 2.55. The maximum absolute atomic E-state index is 12.5. The number of hydrogen-bond donors (Lipinski definition) is 1. The molecule has 2 amide bonds. The van der Waals surface area contributed by atoms with Crippen LogP contribution in [-0.2, 0) is 19.1 Å². The van der Waals surface area contributed by atoms with Crippen LogP contribution in [0.4, 0.5) is 5.69 Å². The number of hydrogen-bond acceptors (Lipinski definition) is 5. The van der Waals surface area contributed by atoms with Gasteiger partial charge in [-0.2, -0.15) is 0 Å². The van der Waals surface area contributed by atoms with E-state index >= 15 is 0 Å². The van der Waals surface area contributed by atoms with Crippen LogP contribution in [0, 0.1) is 5.92 Å². The van der Waals surface area contributed by atoms with Crippen molar-refractivity contribution in [3.8, 4) is 0 Å². The fourth-order valence-corrected chi connectivity index (χ4v) is 3.92. The number of ketones is 1. The first-order valence-corrected chi connectivity index (χ1v) is 9.77. The van der Waals surface area contributed by atoms with Crippen molar-refractivity contribution >= 4 is 29.3 Å². The molecule has 1 heterocycles. The van der Waals surface area contributed by atoms with Crippen LogP contribution in [0.2, 0.25) is 0 Å². The highest BCUT2D eigenvalue weighted by Crippen LogP contribution is 2.30. The molecule has 1 aromatic carbocycles. The van der Waals surface area contributed by atoms with E-state index in [1.165, 1.54) is 13.8 Å².